The van der Waals surface area contributed by atoms with Crippen LogP contribution in [0.3, 0.4) is 0 Å². The molecule has 0 saturated carbocycles. The molecule has 9 heteroatoms. The van der Waals surface area contributed by atoms with Crippen LogP contribution >= 0.6 is 24.0 Å². The Kier molecular flexibility index (Phi) is 11.5. The van der Waals surface area contributed by atoms with Gasteiger partial charge in [0.05, 0.1) is 28.4 Å². The van der Waals surface area contributed by atoms with E-state index in [4.69, 9.17) is 18.9 Å². The molecular formula is C22H30IN3O5. The minimum atomic E-state index is -0.439. The largest absolute Gasteiger partial charge is 0.496 e. The third kappa shape index (κ3) is 7.50. The molecular weight excluding hydrogens is 513 g/mol. The van der Waals surface area contributed by atoms with Crippen molar-refractivity contribution in [3.8, 4) is 17.2 Å². The van der Waals surface area contributed by atoms with Gasteiger partial charge in [-0.1, -0.05) is 12.1 Å². The number of aliphatic imine (C=N–C) groups is 1. The Labute approximate surface area is 200 Å². The topological polar surface area (TPSA) is 90.4 Å². The van der Waals surface area contributed by atoms with Crippen molar-refractivity contribution in [1.29, 1.82) is 0 Å². The van der Waals surface area contributed by atoms with Crippen molar-refractivity contribution >= 4 is 35.9 Å². The molecule has 0 heterocycles. The van der Waals surface area contributed by atoms with E-state index in [1.165, 1.54) is 14.2 Å². The Bertz CT molecular complexity index is 889. The van der Waals surface area contributed by atoms with Gasteiger partial charge in [0.2, 0.25) is 0 Å². The van der Waals surface area contributed by atoms with E-state index in [1.54, 1.807) is 33.4 Å². The van der Waals surface area contributed by atoms with Crippen LogP contribution in [0.4, 0.5) is 0 Å². The molecule has 0 spiro atoms. The molecule has 0 radical (unpaired) electrons. The van der Waals surface area contributed by atoms with E-state index in [2.05, 4.69) is 15.6 Å². The number of ether oxygens (including phenoxy) is 4. The summed E-state index contributed by atoms with van der Waals surface area (Å²) in [7, 11) is 7.81. The summed E-state index contributed by atoms with van der Waals surface area (Å²) in [6.45, 7) is 1.18. The van der Waals surface area contributed by atoms with Crippen molar-refractivity contribution in [1.82, 2.24) is 10.6 Å². The molecule has 0 aliphatic rings. The Morgan fingerprint density at radius 1 is 0.871 bits per heavy atom. The summed E-state index contributed by atoms with van der Waals surface area (Å²) in [5, 5.41) is 6.51. The second kappa shape index (κ2) is 13.6. The van der Waals surface area contributed by atoms with Crippen LogP contribution in [0.5, 0.6) is 17.2 Å². The van der Waals surface area contributed by atoms with Gasteiger partial charge in [0.1, 0.15) is 11.3 Å². The van der Waals surface area contributed by atoms with Crippen LogP contribution in [0.25, 0.3) is 0 Å². The van der Waals surface area contributed by atoms with Crippen molar-refractivity contribution in [3.63, 3.8) is 0 Å². The van der Waals surface area contributed by atoms with E-state index in [-0.39, 0.29) is 24.0 Å². The fourth-order valence-electron chi connectivity index (χ4n) is 2.90. The van der Waals surface area contributed by atoms with Gasteiger partial charge in [-0.05, 0) is 41.8 Å². The normalized spacial score (nSPS) is 10.5. The molecule has 0 atom stereocenters. The molecule has 0 aliphatic carbocycles. The Hall–Kier alpha value is -2.69. The van der Waals surface area contributed by atoms with E-state index >= 15 is 0 Å². The number of hydrogen-bond acceptors (Lipinski definition) is 6. The summed E-state index contributed by atoms with van der Waals surface area (Å²) >= 11 is 0. The molecule has 0 bridgehead atoms. The van der Waals surface area contributed by atoms with Crippen LogP contribution in [0.1, 0.15) is 21.5 Å². The first-order chi connectivity index (χ1) is 14.6. The summed E-state index contributed by atoms with van der Waals surface area (Å²) in [5.41, 5.74) is 2.41. The smallest absolute Gasteiger partial charge is 0.341 e. The van der Waals surface area contributed by atoms with Crippen LogP contribution in [-0.2, 0) is 17.7 Å². The SMILES string of the molecule is CN=C(NCCc1ccc(OC)c(OC)c1)NCc1ccc(OC)c(C(=O)OC)c1.I. The van der Waals surface area contributed by atoms with E-state index in [0.717, 1.165) is 17.5 Å². The zero-order valence-corrected chi connectivity index (χ0v) is 20.8. The van der Waals surface area contributed by atoms with Gasteiger partial charge in [0.25, 0.3) is 0 Å². The molecule has 2 N–H and O–H groups in total. The maximum atomic E-state index is 11.9. The Morgan fingerprint density at radius 2 is 1.52 bits per heavy atom. The lowest BCUT2D eigenvalue weighted by molar-refractivity contribution is 0.0597. The zero-order valence-electron chi connectivity index (χ0n) is 18.5. The predicted octanol–water partition coefficient (Wildman–Crippen LogP) is 3.02. The summed E-state index contributed by atoms with van der Waals surface area (Å²) in [6.07, 6.45) is 0.788. The van der Waals surface area contributed by atoms with Crippen molar-refractivity contribution in [3.05, 3.63) is 53.1 Å². The van der Waals surface area contributed by atoms with Crippen LogP contribution in [-0.4, -0.2) is 54.0 Å². The molecule has 0 amide bonds. The average molecular weight is 543 g/mol. The van der Waals surface area contributed by atoms with Crippen LogP contribution in [0.15, 0.2) is 41.4 Å². The minimum absolute atomic E-state index is 0. The summed E-state index contributed by atoms with van der Waals surface area (Å²) in [6, 6.07) is 11.2. The third-order valence-electron chi connectivity index (χ3n) is 4.51. The van der Waals surface area contributed by atoms with E-state index in [9.17, 15) is 4.79 Å². The standard InChI is InChI=1S/C22H29N3O5.HI/c1-23-22(24-11-10-15-6-9-19(28-3)20(13-15)29-4)25-14-16-7-8-18(27-2)17(12-16)21(26)30-5;/h6-9,12-13H,10-11,14H2,1-5H3,(H2,23,24,25);1H. The summed E-state index contributed by atoms with van der Waals surface area (Å²) in [5.74, 6) is 2.11. The van der Waals surface area contributed by atoms with Gasteiger partial charge in [-0.3, -0.25) is 4.99 Å². The van der Waals surface area contributed by atoms with Crippen molar-refractivity contribution in [2.24, 2.45) is 4.99 Å². The highest BCUT2D eigenvalue weighted by atomic mass is 127. The number of hydrogen-bond donors (Lipinski definition) is 2. The fourth-order valence-corrected chi connectivity index (χ4v) is 2.90. The lowest BCUT2D eigenvalue weighted by atomic mass is 10.1. The van der Waals surface area contributed by atoms with Gasteiger partial charge >= 0.3 is 5.97 Å². The maximum absolute atomic E-state index is 11.9. The highest BCUT2D eigenvalue weighted by Gasteiger charge is 2.13. The minimum Gasteiger partial charge on any atom is -0.496 e. The monoisotopic (exact) mass is 543 g/mol. The molecule has 2 rings (SSSR count). The predicted molar refractivity (Wildman–Crippen MR) is 131 cm³/mol. The number of guanidine groups is 1. The number of rotatable bonds is 9. The lowest BCUT2D eigenvalue weighted by Crippen LogP contribution is -2.37. The van der Waals surface area contributed by atoms with Gasteiger partial charge in [-0.25, -0.2) is 4.79 Å². The molecule has 0 fully saturated rings. The first-order valence-corrected chi connectivity index (χ1v) is 9.46. The molecule has 31 heavy (non-hydrogen) atoms. The van der Waals surface area contributed by atoms with Crippen LogP contribution in [0, 0.1) is 0 Å². The second-order valence-corrected chi connectivity index (χ2v) is 6.32. The first kappa shape index (κ1) is 26.3. The van der Waals surface area contributed by atoms with Gasteiger partial charge < -0.3 is 29.6 Å². The summed E-state index contributed by atoms with van der Waals surface area (Å²) in [4.78, 5) is 16.2. The number of nitrogens with zero attached hydrogens (tertiary/aromatic N) is 1. The number of halogens is 1. The quantitative estimate of drug-likeness (QED) is 0.218. The van der Waals surface area contributed by atoms with Crippen molar-refractivity contribution < 1.29 is 23.7 Å². The summed E-state index contributed by atoms with van der Waals surface area (Å²) < 4.78 is 20.6. The van der Waals surface area contributed by atoms with E-state index in [1.807, 2.05) is 24.3 Å². The molecule has 0 aromatic heterocycles. The molecule has 2 aromatic rings. The highest BCUT2D eigenvalue weighted by Crippen LogP contribution is 2.27. The van der Waals surface area contributed by atoms with Crippen molar-refractivity contribution in [2.45, 2.75) is 13.0 Å². The van der Waals surface area contributed by atoms with Crippen LogP contribution < -0.4 is 24.8 Å². The van der Waals surface area contributed by atoms with Gasteiger partial charge in [-0.2, -0.15) is 0 Å². The zero-order chi connectivity index (χ0) is 21.9. The molecule has 8 nitrogen and oxygen atoms in total. The lowest BCUT2D eigenvalue weighted by Gasteiger charge is -2.14. The maximum Gasteiger partial charge on any atom is 0.341 e. The number of carbonyl (C=O) groups excluding carboxylic acids is 1. The van der Waals surface area contributed by atoms with Crippen LogP contribution in [0.2, 0.25) is 0 Å². The van der Waals surface area contributed by atoms with Gasteiger partial charge in [0.15, 0.2) is 17.5 Å². The number of benzene rings is 2. The second-order valence-electron chi connectivity index (χ2n) is 6.32. The number of methoxy groups -OCH3 is 4. The third-order valence-corrected chi connectivity index (χ3v) is 4.51. The van der Waals surface area contributed by atoms with E-state index < -0.39 is 5.97 Å². The fraction of sp³-hybridized carbons (Fsp3) is 0.364. The van der Waals surface area contributed by atoms with E-state index in [0.29, 0.717) is 41.9 Å². The van der Waals surface area contributed by atoms with Gasteiger partial charge in [0, 0.05) is 20.1 Å². The first-order valence-electron chi connectivity index (χ1n) is 9.46. The van der Waals surface area contributed by atoms with Gasteiger partial charge in [-0.15, -0.1) is 24.0 Å². The highest BCUT2D eigenvalue weighted by molar-refractivity contribution is 14.0. The van der Waals surface area contributed by atoms with Crippen molar-refractivity contribution in [2.75, 3.05) is 42.0 Å². The Morgan fingerprint density at radius 3 is 2.13 bits per heavy atom. The Balaban J connectivity index is 0.00000480. The number of carbonyl (C=O) groups is 1. The molecule has 0 aliphatic heterocycles. The molecule has 170 valence electrons. The average Bonchev–Trinajstić information content (AvgIpc) is 2.80. The molecule has 2 aromatic carbocycles. The molecule has 0 unspecified atom stereocenters. The molecule has 0 saturated heterocycles. The number of nitrogens with one attached hydrogen (secondary N) is 2. The number of esters is 1.